The maximum absolute atomic E-state index is 12.2. The van der Waals surface area contributed by atoms with Crippen LogP contribution in [0.1, 0.15) is 12.0 Å². The van der Waals surface area contributed by atoms with Crippen molar-refractivity contribution in [3.05, 3.63) is 54.1 Å². The van der Waals surface area contributed by atoms with Crippen molar-refractivity contribution < 1.29 is 32.6 Å². The predicted molar refractivity (Wildman–Crippen MR) is 105 cm³/mol. The molecule has 0 aromatic heterocycles. The number of phenolic OH excluding ortho intramolecular Hbond substituents is 1. The van der Waals surface area contributed by atoms with Crippen molar-refractivity contribution in [2.75, 3.05) is 5.32 Å². The van der Waals surface area contributed by atoms with Gasteiger partial charge in [-0.2, -0.15) is 5.10 Å². The van der Waals surface area contributed by atoms with E-state index >= 15 is 0 Å². The summed E-state index contributed by atoms with van der Waals surface area (Å²) >= 11 is 0. The highest BCUT2D eigenvalue weighted by atomic mass is 19.4. The van der Waals surface area contributed by atoms with Gasteiger partial charge in [0.15, 0.2) is 0 Å². The van der Waals surface area contributed by atoms with Crippen LogP contribution in [0.25, 0.3) is 0 Å². The van der Waals surface area contributed by atoms with Crippen LogP contribution in [0, 0.1) is 0 Å². The van der Waals surface area contributed by atoms with Gasteiger partial charge in [0, 0.05) is 11.3 Å². The van der Waals surface area contributed by atoms with E-state index in [9.17, 15) is 27.9 Å². The standard InChI is InChI=1S/C19H16F3N5O4/c20-19(21,22)31-13-7-5-12(6-8-13)24-16(29)9-14-17(30)26-18(25-14)27-23-10-11-3-1-2-4-15(11)28/h1-8,10,14,28H,9H2,(H,24,29)(H2,25,26,27,30)/b23-10-/t14-/m1/s1. The van der Waals surface area contributed by atoms with Gasteiger partial charge in [-0.25, -0.2) is 10.4 Å². The Hall–Kier alpha value is -4.09. The molecule has 2 aromatic rings. The Morgan fingerprint density at radius 2 is 1.94 bits per heavy atom. The summed E-state index contributed by atoms with van der Waals surface area (Å²) in [5.41, 5.74) is 3.18. The molecule has 1 atom stereocenters. The van der Waals surface area contributed by atoms with E-state index in [0.717, 1.165) is 12.1 Å². The maximum atomic E-state index is 12.2. The van der Waals surface area contributed by atoms with Crippen molar-refractivity contribution in [2.45, 2.75) is 18.8 Å². The lowest BCUT2D eigenvalue weighted by Gasteiger charge is -2.10. The average Bonchev–Trinajstić information content (AvgIpc) is 3.03. The SMILES string of the molecule is O=C(C[C@H]1N=C(N/N=C\c2ccccc2O)NC1=O)Nc1ccc(OC(F)(F)F)cc1. The molecule has 3 rings (SSSR count). The van der Waals surface area contributed by atoms with Gasteiger partial charge in [-0.05, 0) is 36.4 Å². The van der Waals surface area contributed by atoms with Crippen molar-refractivity contribution in [3.8, 4) is 11.5 Å². The van der Waals surface area contributed by atoms with Gasteiger partial charge < -0.3 is 15.2 Å². The van der Waals surface area contributed by atoms with E-state index in [2.05, 4.69) is 30.9 Å². The Labute approximate surface area is 173 Å². The number of halogens is 3. The minimum absolute atomic E-state index is 0.0259. The fourth-order valence-electron chi connectivity index (χ4n) is 2.53. The van der Waals surface area contributed by atoms with Crippen LogP contribution in [-0.4, -0.2) is 41.5 Å². The van der Waals surface area contributed by atoms with Crippen molar-refractivity contribution in [1.29, 1.82) is 0 Å². The van der Waals surface area contributed by atoms with E-state index in [1.54, 1.807) is 18.2 Å². The highest BCUT2D eigenvalue weighted by Gasteiger charge is 2.31. The molecule has 0 radical (unpaired) electrons. The number of guanidine groups is 1. The van der Waals surface area contributed by atoms with Gasteiger partial charge in [0.2, 0.25) is 11.9 Å². The van der Waals surface area contributed by atoms with Crippen LogP contribution in [-0.2, 0) is 9.59 Å². The lowest BCUT2D eigenvalue weighted by Crippen LogP contribution is -2.35. The average molecular weight is 435 g/mol. The van der Waals surface area contributed by atoms with Crippen molar-refractivity contribution in [2.24, 2.45) is 10.1 Å². The number of anilines is 1. The maximum Gasteiger partial charge on any atom is 0.573 e. The Balaban J connectivity index is 1.52. The number of benzene rings is 2. The van der Waals surface area contributed by atoms with Gasteiger partial charge in [-0.1, -0.05) is 12.1 Å². The molecule has 4 N–H and O–H groups in total. The van der Waals surface area contributed by atoms with E-state index in [1.165, 1.54) is 24.4 Å². The van der Waals surface area contributed by atoms with Gasteiger partial charge in [0.05, 0.1) is 12.6 Å². The Morgan fingerprint density at radius 3 is 2.61 bits per heavy atom. The topological polar surface area (TPSA) is 124 Å². The monoisotopic (exact) mass is 435 g/mol. The molecule has 1 aliphatic rings. The zero-order valence-electron chi connectivity index (χ0n) is 15.7. The quantitative estimate of drug-likeness (QED) is 0.409. The normalized spacial score (nSPS) is 16.0. The second-order valence-electron chi connectivity index (χ2n) is 6.24. The van der Waals surface area contributed by atoms with Gasteiger partial charge in [-0.15, -0.1) is 13.2 Å². The number of hydrazone groups is 1. The molecule has 0 aliphatic carbocycles. The molecule has 31 heavy (non-hydrogen) atoms. The number of nitrogens with one attached hydrogen (secondary N) is 3. The number of para-hydroxylation sites is 1. The number of carbonyl (C=O) groups excluding carboxylic acids is 2. The minimum atomic E-state index is -4.81. The van der Waals surface area contributed by atoms with E-state index in [4.69, 9.17) is 0 Å². The van der Waals surface area contributed by atoms with Crippen molar-refractivity contribution in [1.82, 2.24) is 10.7 Å². The molecule has 1 aliphatic heterocycles. The Morgan fingerprint density at radius 1 is 1.23 bits per heavy atom. The smallest absolute Gasteiger partial charge is 0.507 e. The molecule has 0 spiro atoms. The zero-order chi connectivity index (χ0) is 22.4. The number of aliphatic imine (C=N–C) groups is 1. The summed E-state index contributed by atoms with van der Waals surface area (Å²) in [5, 5.41) is 18.4. The lowest BCUT2D eigenvalue weighted by atomic mass is 10.2. The van der Waals surface area contributed by atoms with E-state index < -0.39 is 30.0 Å². The van der Waals surface area contributed by atoms with E-state index in [-0.39, 0.29) is 23.8 Å². The molecule has 12 heteroatoms. The number of hydrogen-bond donors (Lipinski definition) is 4. The lowest BCUT2D eigenvalue weighted by molar-refractivity contribution is -0.274. The number of carbonyl (C=O) groups is 2. The molecular weight excluding hydrogens is 419 g/mol. The molecule has 1 heterocycles. The first-order chi connectivity index (χ1) is 14.7. The highest BCUT2D eigenvalue weighted by Crippen LogP contribution is 2.24. The third kappa shape index (κ3) is 6.45. The Kier molecular flexibility index (Phi) is 6.38. The van der Waals surface area contributed by atoms with Crippen LogP contribution >= 0.6 is 0 Å². The second kappa shape index (κ2) is 9.15. The van der Waals surface area contributed by atoms with Crippen LogP contribution < -0.4 is 20.8 Å². The summed E-state index contributed by atoms with van der Waals surface area (Å²) < 4.78 is 40.2. The minimum Gasteiger partial charge on any atom is -0.507 e. The van der Waals surface area contributed by atoms with Crippen LogP contribution in [0.3, 0.4) is 0 Å². The largest absolute Gasteiger partial charge is 0.573 e. The first-order valence-corrected chi connectivity index (χ1v) is 8.81. The van der Waals surface area contributed by atoms with Gasteiger partial charge >= 0.3 is 6.36 Å². The molecule has 0 saturated carbocycles. The summed E-state index contributed by atoms with van der Waals surface area (Å²) in [7, 11) is 0. The summed E-state index contributed by atoms with van der Waals surface area (Å²) in [6, 6.07) is 10.0. The molecule has 9 nitrogen and oxygen atoms in total. The summed E-state index contributed by atoms with van der Waals surface area (Å²) in [6.45, 7) is 0. The first-order valence-electron chi connectivity index (χ1n) is 8.81. The molecule has 2 amide bonds. The number of alkyl halides is 3. The highest BCUT2D eigenvalue weighted by molar-refractivity contribution is 6.07. The molecule has 162 valence electrons. The fraction of sp³-hybridized carbons (Fsp3) is 0.158. The number of amides is 2. The van der Waals surface area contributed by atoms with E-state index in [1.807, 2.05) is 0 Å². The number of aromatic hydroxyl groups is 1. The van der Waals surface area contributed by atoms with Crippen LogP contribution in [0.5, 0.6) is 11.5 Å². The predicted octanol–water partition coefficient (Wildman–Crippen LogP) is 2.10. The molecule has 2 aromatic carbocycles. The third-order valence-electron chi connectivity index (χ3n) is 3.89. The number of phenols is 1. The van der Waals surface area contributed by atoms with Crippen LogP contribution in [0.15, 0.2) is 58.6 Å². The summed E-state index contributed by atoms with van der Waals surface area (Å²) in [6.07, 6.45) is -3.77. The number of ether oxygens (including phenoxy) is 1. The summed E-state index contributed by atoms with van der Waals surface area (Å²) in [4.78, 5) is 28.1. The number of hydrogen-bond acceptors (Lipinski definition) is 7. The van der Waals surface area contributed by atoms with Crippen molar-refractivity contribution in [3.63, 3.8) is 0 Å². The van der Waals surface area contributed by atoms with Gasteiger partial charge in [0.25, 0.3) is 5.91 Å². The molecule has 0 bridgehead atoms. The first kappa shape index (κ1) is 21.6. The molecule has 0 fully saturated rings. The third-order valence-corrected chi connectivity index (χ3v) is 3.89. The Bertz CT molecular complexity index is 1020. The number of rotatable bonds is 6. The molecule has 0 saturated heterocycles. The van der Waals surface area contributed by atoms with Crippen molar-refractivity contribution >= 4 is 29.7 Å². The van der Waals surface area contributed by atoms with E-state index in [0.29, 0.717) is 5.56 Å². The summed E-state index contributed by atoms with van der Waals surface area (Å²) in [5.74, 6) is -1.46. The van der Waals surface area contributed by atoms with Crippen LogP contribution in [0.2, 0.25) is 0 Å². The molecular formula is C19H16F3N5O4. The molecule has 0 unspecified atom stereocenters. The number of nitrogens with zero attached hydrogens (tertiary/aromatic N) is 2. The van der Waals surface area contributed by atoms with Crippen LogP contribution in [0.4, 0.5) is 18.9 Å². The fourth-order valence-corrected chi connectivity index (χ4v) is 2.53. The van der Waals surface area contributed by atoms with Gasteiger partial charge in [0.1, 0.15) is 17.5 Å². The second-order valence-corrected chi connectivity index (χ2v) is 6.24. The van der Waals surface area contributed by atoms with Gasteiger partial charge in [-0.3, -0.25) is 14.9 Å². The zero-order valence-corrected chi connectivity index (χ0v) is 15.7.